The molecule has 29 heavy (non-hydrogen) atoms. The first-order valence-electron chi connectivity index (χ1n) is 9.93. The lowest BCUT2D eigenvalue weighted by Crippen LogP contribution is -2.50. The molecule has 1 fully saturated rings. The Balaban J connectivity index is 1.31. The van der Waals surface area contributed by atoms with Crippen molar-refractivity contribution in [1.29, 1.82) is 0 Å². The average Bonchev–Trinajstić information content (AvgIpc) is 3.11. The zero-order chi connectivity index (χ0) is 20.3. The molecule has 1 aromatic heterocycles. The van der Waals surface area contributed by atoms with Gasteiger partial charge in [-0.3, -0.25) is 19.4 Å². The number of benzene rings is 1. The van der Waals surface area contributed by atoms with Crippen molar-refractivity contribution < 1.29 is 14.4 Å². The molecule has 1 atom stereocenters. The van der Waals surface area contributed by atoms with E-state index in [0.717, 1.165) is 30.4 Å². The van der Waals surface area contributed by atoms with E-state index in [0.29, 0.717) is 18.7 Å². The SMILES string of the molecule is O=C(NCCC(=O)N1CC[C@]2(CCc3ccccc3C(=O)N2)C1)c1cccnc1. The second kappa shape index (κ2) is 8.03. The van der Waals surface area contributed by atoms with Crippen LogP contribution < -0.4 is 10.6 Å². The molecule has 2 aromatic rings. The molecule has 7 heteroatoms. The maximum Gasteiger partial charge on any atom is 0.252 e. The molecule has 1 spiro atoms. The second-order valence-corrected chi connectivity index (χ2v) is 7.70. The predicted octanol–water partition coefficient (Wildman–Crippen LogP) is 1.55. The zero-order valence-corrected chi connectivity index (χ0v) is 16.2. The molecule has 2 N–H and O–H groups in total. The highest BCUT2D eigenvalue weighted by Gasteiger charge is 2.42. The number of nitrogens with one attached hydrogen (secondary N) is 2. The van der Waals surface area contributed by atoms with E-state index in [-0.39, 0.29) is 36.2 Å². The van der Waals surface area contributed by atoms with E-state index >= 15 is 0 Å². The third-order valence-electron chi connectivity index (χ3n) is 5.77. The van der Waals surface area contributed by atoms with Crippen LogP contribution in [0.25, 0.3) is 0 Å². The van der Waals surface area contributed by atoms with Crippen LogP contribution in [0.2, 0.25) is 0 Å². The van der Waals surface area contributed by atoms with Crippen LogP contribution in [0.1, 0.15) is 45.5 Å². The Bertz CT molecular complexity index is 931. The van der Waals surface area contributed by atoms with Gasteiger partial charge in [-0.25, -0.2) is 0 Å². The molecule has 1 aromatic carbocycles. The van der Waals surface area contributed by atoms with E-state index in [1.165, 1.54) is 6.20 Å². The number of pyridine rings is 1. The van der Waals surface area contributed by atoms with E-state index in [2.05, 4.69) is 15.6 Å². The van der Waals surface area contributed by atoms with Gasteiger partial charge in [0.15, 0.2) is 0 Å². The number of aryl methyl sites for hydroxylation is 1. The van der Waals surface area contributed by atoms with Crippen LogP contribution in [-0.4, -0.2) is 52.8 Å². The molecule has 2 aliphatic rings. The minimum atomic E-state index is -0.370. The standard InChI is InChI=1S/C22H24N4O3/c27-19(8-12-24-20(28)17-5-3-11-23-14-17)26-13-10-22(15-26)9-7-16-4-1-2-6-18(16)21(29)25-22/h1-6,11,14H,7-10,12-13,15H2,(H,24,28)(H,25,29)/t22-/m1/s1. The third kappa shape index (κ3) is 4.13. The number of nitrogens with zero attached hydrogens (tertiary/aromatic N) is 2. The summed E-state index contributed by atoms with van der Waals surface area (Å²) in [4.78, 5) is 43.0. The Labute approximate surface area is 169 Å². The van der Waals surface area contributed by atoms with Gasteiger partial charge < -0.3 is 15.5 Å². The van der Waals surface area contributed by atoms with Gasteiger partial charge in [0, 0.05) is 44.0 Å². The van der Waals surface area contributed by atoms with Crippen LogP contribution in [0.4, 0.5) is 0 Å². The number of hydrogen-bond acceptors (Lipinski definition) is 4. The molecule has 2 aliphatic heterocycles. The van der Waals surface area contributed by atoms with Gasteiger partial charge >= 0.3 is 0 Å². The molecule has 0 saturated carbocycles. The smallest absolute Gasteiger partial charge is 0.252 e. The van der Waals surface area contributed by atoms with E-state index in [9.17, 15) is 14.4 Å². The van der Waals surface area contributed by atoms with Gasteiger partial charge in [-0.05, 0) is 43.0 Å². The summed E-state index contributed by atoms with van der Waals surface area (Å²) in [7, 11) is 0. The lowest BCUT2D eigenvalue weighted by Gasteiger charge is -2.29. The topological polar surface area (TPSA) is 91.4 Å². The lowest BCUT2D eigenvalue weighted by atomic mass is 9.91. The van der Waals surface area contributed by atoms with E-state index in [1.807, 2.05) is 24.3 Å². The molecule has 4 rings (SSSR count). The lowest BCUT2D eigenvalue weighted by molar-refractivity contribution is -0.130. The van der Waals surface area contributed by atoms with Crippen molar-refractivity contribution in [3.8, 4) is 0 Å². The number of rotatable bonds is 4. The van der Waals surface area contributed by atoms with Crippen molar-refractivity contribution >= 4 is 17.7 Å². The number of aromatic nitrogens is 1. The maximum atomic E-state index is 12.7. The highest BCUT2D eigenvalue weighted by Crippen LogP contribution is 2.30. The summed E-state index contributed by atoms with van der Waals surface area (Å²) in [6.45, 7) is 1.40. The van der Waals surface area contributed by atoms with Gasteiger partial charge in [0.25, 0.3) is 11.8 Å². The van der Waals surface area contributed by atoms with Gasteiger partial charge in [0.2, 0.25) is 5.91 Å². The fraction of sp³-hybridized carbons (Fsp3) is 0.364. The Hall–Kier alpha value is -3.22. The van der Waals surface area contributed by atoms with Gasteiger partial charge in [-0.1, -0.05) is 18.2 Å². The molecule has 0 aliphatic carbocycles. The van der Waals surface area contributed by atoms with Crippen molar-refractivity contribution in [2.45, 2.75) is 31.2 Å². The third-order valence-corrected chi connectivity index (χ3v) is 5.77. The first-order chi connectivity index (χ1) is 14.1. The van der Waals surface area contributed by atoms with Gasteiger partial charge in [0.1, 0.15) is 0 Å². The van der Waals surface area contributed by atoms with E-state index in [1.54, 1.807) is 23.2 Å². The Morgan fingerprint density at radius 3 is 2.86 bits per heavy atom. The van der Waals surface area contributed by atoms with Crippen molar-refractivity contribution in [1.82, 2.24) is 20.5 Å². The van der Waals surface area contributed by atoms with Crippen LogP contribution >= 0.6 is 0 Å². The Kier molecular flexibility index (Phi) is 5.29. The number of amides is 3. The summed E-state index contributed by atoms with van der Waals surface area (Å²) in [5, 5.41) is 5.94. The fourth-order valence-electron chi connectivity index (χ4n) is 4.14. The minimum absolute atomic E-state index is 0.00984. The highest BCUT2D eigenvalue weighted by molar-refractivity contribution is 5.97. The van der Waals surface area contributed by atoms with Crippen molar-refractivity contribution in [2.75, 3.05) is 19.6 Å². The first-order valence-corrected chi connectivity index (χ1v) is 9.93. The molecule has 0 unspecified atom stereocenters. The molecular weight excluding hydrogens is 368 g/mol. The molecular formula is C22H24N4O3. The van der Waals surface area contributed by atoms with E-state index in [4.69, 9.17) is 0 Å². The van der Waals surface area contributed by atoms with Gasteiger partial charge in [-0.2, -0.15) is 0 Å². The molecule has 1 saturated heterocycles. The summed E-state index contributed by atoms with van der Waals surface area (Å²) in [5.41, 5.74) is 1.89. The minimum Gasteiger partial charge on any atom is -0.351 e. The van der Waals surface area contributed by atoms with E-state index < -0.39 is 0 Å². The zero-order valence-electron chi connectivity index (χ0n) is 16.2. The maximum absolute atomic E-state index is 12.7. The normalized spacial score (nSPS) is 20.7. The van der Waals surface area contributed by atoms with Crippen molar-refractivity contribution in [3.05, 3.63) is 65.5 Å². The second-order valence-electron chi connectivity index (χ2n) is 7.70. The summed E-state index contributed by atoms with van der Waals surface area (Å²) in [6, 6.07) is 11.1. The fourth-order valence-corrected chi connectivity index (χ4v) is 4.14. The predicted molar refractivity (Wildman–Crippen MR) is 107 cm³/mol. The molecule has 3 heterocycles. The number of carbonyl (C=O) groups excluding carboxylic acids is 3. The van der Waals surface area contributed by atoms with Crippen LogP contribution in [0.3, 0.4) is 0 Å². The van der Waals surface area contributed by atoms with Gasteiger partial charge in [0.05, 0.1) is 11.1 Å². The van der Waals surface area contributed by atoms with Crippen LogP contribution in [-0.2, 0) is 11.2 Å². The van der Waals surface area contributed by atoms with Crippen LogP contribution in [0.5, 0.6) is 0 Å². The molecule has 0 radical (unpaired) electrons. The molecule has 0 bridgehead atoms. The monoisotopic (exact) mass is 392 g/mol. The quantitative estimate of drug-likeness (QED) is 0.826. The molecule has 7 nitrogen and oxygen atoms in total. The molecule has 150 valence electrons. The van der Waals surface area contributed by atoms with Gasteiger partial charge in [-0.15, -0.1) is 0 Å². The van der Waals surface area contributed by atoms with Crippen molar-refractivity contribution in [2.24, 2.45) is 0 Å². The molecule has 3 amide bonds. The first kappa shape index (κ1) is 19.1. The Morgan fingerprint density at radius 2 is 2.03 bits per heavy atom. The summed E-state index contributed by atoms with van der Waals surface area (Å²) in [5.74, 6) is -0.307. The average molecular weight is 392 g/mol. The largest absolute Gasteiger partial charge is 0.351 e. The van der Waals surface area contributed by atoms with Crippen LogP contribution in [0, 0.1) is 0 Å². The number of likely N-dealkylation sites (tertiary alicyclic amines) is 1. The number of fused-ring (bicyclic) bond motifs is 1. The number of hydrogen-bond donors (Lipinski definition) is 2. The summed E-state index contributed by atoms with van der Waals surface area (Å²) < 4.78 is 0. The Morgan fingerprint density at radius 1 is 1.17 bits per heavy atom. The summed E-state index contributed by atoms with van der Waals surface area (Å²) in [6.07, 6.45) is 5.72. The highest BCUT2D eigenvalue weighted by atomic mass is 16.2. The van der Waals surface area contributed by atoms with Crippen LogP contribution in [0.15, 0.2) is 48.8 Å². The summed E-state index contributed by atoms with van der Waals surface area (Å²) >= 11 is 0. The number of carbonyl (C=O) groups is 3. The van der Waals surface area contributed by atoms with Crippen molar-refractivity contribution in [3.63, 3.8) is 0 Å².